The molecule has 0 amide bonds. The second kappa shape index (κ2) is 6.38. The van der Waals surface area contributed by atoms with Gasteiger partial charge in [-0.05, 0) is 38.7 Å². The van der Waals surface area contributed by atoms with Crippen molar-refractivity contribution in [1.82, 2.24) is 24.0 Å². The van der Waals surface area contributed by atoms with E-state index in [1.54, 1.807) is 28.8 Å². The van der Waals surface area contributed by atoms with Crippen LogP contribution in [-0.4, -0.2) is 59.1 Å². The lowest BCUT2D eigenvalue weighted by Gasteiger charge is -2.30. The molecule has 7 nitrogen and oxygen atoms in total. The van der Waals surface area contributed by atoms with Gasteiger partial charge in [0.1, 0.15) is 4.90 Å². The van der Waals surface area contributed by atoms with Crippen molar-refractivity contribution < 1.29 is 8.42 Å². The van der Waals surface area contributed by atoms with Gasteiger partial charge in [0.15, 0.2) is 0 Å². The standard InChI is InChI=1S/C15H21N5O2S/c1-18(2)11-14-6-9-19-13(5-8-17-19)12-20(14)23(21,22)15-4-3-7-16-10-15/h3-5,7-8,10,14H,6,9,11-12H2,1-2H3/t14-/m1/s1. The molecule has 0 radical (unpaired) electrons. The minimum absolute atomic E-state index is 0.100. The first-order valence-corrected chi connectivity index (χ1v) is 9.00. The van der Waals surface area contributed by atoms with E-state index in [4.69, 9.17) is 0 Å². The maximum absolute atomic E-state index is 13.1. The predicted molar refractivity (Wildman–Crippen MR) is 86.2 cm³/mol. The molecular weight excluding hydrogens is 314 g/mol. The van der Waals surface area contributed by atoms with Crippen molar-refractivity contribution in [2.45, 2.75) is 30.4 Å². The summed E-state index contributed by atoms with van der Waals surface area (Å²) >= 11 is 0. The quantitative estimate of drug-likeness (QED) is 0.827. The third-order valence-electron chi connectivity index (χ3n) is 4.02. The van der Waals surface area contributed by atoms with Crippen molar-refractivity contribution in [3.63, 3.8) is 0 Å². The van der Waals surface area contributed by atoms with Crippen LogP contribution in [0.25, 0.3) is 0 Å². The molecule has 1 atom stereocenters. The summed E-state index contributed by atoms with van der Waals surface area (Å²) in [6.45, 7) is 1.72. The van der Waals surface area contributed by atoms with E-state index in [1.165, 1.54) is 6.20 Å². The Balaban J connectivity index is 2.00. The van der Waals surface area contributed by atoms with E-state index in [0.29, 0.717) is 13.1 Å². The van der Waals surface area contributed by atoms with Gasteiger partial charge < -0.3 is 4.90 Å². The summed E-state index contributed by atoms with van der Waals surface area (Å²) in [6, 6.07) is 5.02. The Morgan fingerprint density at radius 2 is 2.13 bits per heavy atom. The Kier molecular flexibility index (Phi) is 4.47. The molecule has 2 aromatic heterocycles. The van der Waals surface area contributed by atoms with E-state index in [9.17, 15) is 8.42 Å². The number of hydrogen-bond donors (Lipinski definition) is 0. The van der Waals surface area contributed by atoms with Gasteiger partial charge in [-0.1, -0.05) is 0 Å². The van der Waals surface area contributed by atoms with Crippen LogP contribution in [0.2, 0.25) is 0 Å². The monoisotopic (exact) mass is 335 g/mol. The van der Waals surface area contributed by atoms with E-state index in [2.05, 4.69) is 10.1 Å². The third kappa shape index (κ3) is 3.29. The molecule has 0 aliphatic carbocycles. The molecule has 8 heteroatoms. The number of fused-ring (bicyclic) bond motifs is 1. The highest BCUT2D eigenvalue weighted by atomic mass is 32.2. The van der Waals surface area contributed by atoms with Gasteiger partial charge in [0, 0.05) is 37.7 Å². The zero-order valence-electron chi connectivity index (χ0n) is 13.3. The number of sulfonamides is 1. The Morgan fingerprint density at radius 1 is 1.30 bits per heavy atom. The molecule has 3 heterocycles. The largest absolute Gasteiger partial charge is 0.308 e. The SMILES string of the molecule is CN(C)C[C@H]1CCn2nccc2CN1S(=O)(=O)c1cccnc1. The summed E-state index contributed by atoms with van der Waals surface area (Å²) < 4.78 is 29.7. The molecule has 0 fully saturated rings. The Hall–Kier alpha value is -1.77. The summed E-state index contributed by atoms with van der Waals surface area (Å²) in [5, 5.41) is 4.29. The number of rotatable bonds is 4. The molecule has 1 aliphatic rings. The molecule has 2 aromatic rings. The molecule has 23 heavy (non-hydrogen) atoms. The number of pyridine rings is 1. The normalized spacial score (nSPS) is 19.5. The average molecular weight is 335 g/mol. The van der Waals surface area contributed by atoms with Gasteiger partial charge in [0.25, 0.3) is 0 Å². The zero-order chi connectivity index (χ0) is 16.4. The van der Waals surface area contributed by atoms with E-state index in [1.807, 2.05) is 29.7 Å². The van der Waals surface area contributed by atoms with Gasteiger partial charge in [0.05, 0.1) is 12.2 Å². The maximum Gasteiger partial charge on any atom is 0.245 e. The molecule has 1 aliphatic heterocycles. The van der Waals surface area contributed by atoms with Gasteiger partial charge in [-0.25, -0.2) is 8.42 Å². The lowest BCUT2D eigenvalue weighted by Crippen LogP contribution is -2.44. The Labute approximate surface area is 136 Å². The number of nitrogens with zero attached hydrogens (tertiary/aromatic N) is 5. The van der Waals surface area contributed by atoms with Crippen molar-refractivity contribution in [3.8, 4) is 0 Å². The molecule has 0 bridgehead atoms. The van der Waals surface area contributed by atoms with Crippen LogP contribution < -0.4 is 0 Å². The van der Waals surface area contributed by atoms with E-state index >= 15 is 0 Å². The highest BCUT2D eigenvalue weighted by Crippen LogP contribution is 2.25. The molecule has 0 aromatic carbocycles. The molecule has 0 saturated heterocycles. The average Bonchev–Trinajstić information content (AvgIpc) is 2.90. The number of likely N-dealkylation sites (N-methyl/N-ethyl adjacent to an activating group) is 1. The van der Waals surface area contributed by atoms with Crippen molar-refractivity contribution in [1.29, 1.82) is 0 Å². The molecule has 0 saturated carbocycles. The van der Waals surface area contributed by atoms with E-state index in [-0.39, 0.29) is 10.9 Å². The summed E-state index contributed by atoms with van der Waals surface area (Å²) in [5.74, 6) is 0. The number of aromatic nitrogens is 3. The second-order valence-electron chi connectivity index (χ2n) is 5.99. The fourth-order valence-corrected chi connectivity index (χ4v) is 4.50. The van der Waals surface area contributed by atoms with Gasteiger partial charge in [-0.3, -0.25) is 9.67 Å². The first-order chi connectivity index (χ1) is 11.0. The molecule has 3 rings (SSSR count). The van der Waals surface area contributed by atoms with E-state index < -0.39 is 10.0 Å². The first-order valence-electron chi connectivity index (χ1n) is 7.56. The highest BCUT2D eigenvalue weighted by Gasteiger charge is 2.34. The van der Waals surface area contributed by atoms with Crippen LogP contribution in [0.1, 0.15) is 12.1 Å². The minimum Gasteiger partial charge on any atom is -0.308 e. The summed E-state index contributed by atoms with van der Waals surface area (Å²) in [6.07, 6.45) is 5.43. The fourth-order valence-electron chi connectivity index (χ4n) is 2.92. The molecular formula is C15H21N5O2S. The Morgan fingerprint density at radius 3 is 2.83 bits per heavy atom. The fraction of sp³-hybridized carbons (Fsp3) is 0.467. The lowest BCUT2D eigenvalue weighted by molar-refractivity contribution is 0.239. The number of aryl methyl sites for hydroxylation is 1. The van der Waals surface area contributed by atoms with Crippen molar-refractivity contribution in [3.05, 3.63) is 42.5 Å². The smallest absolute Gasteiger partial charge is 0.245 e. The van der Waals surface area contributed by atoms with Crippen molar-refractivity contribution >= 4 is 10.0 Å². The summed E-state index contributed by atoms with van der Waals surface area (Å²) in [4.78, 5) is 6.21. The van der Waals surface area contributed by atoms with Crippen LogP contribution in [0.5, 0.6) is 0 Å². The van der Waals surface area contributed by atoms with Crippen LogP contribution in [0, 0.1) is 0 Å². The minimum atomic E-state index is -3.60. The van der Waals surface area contributed by atoms with Crippen LogP contribution in [0.15, 0.2) is 41.7 Å². The Bertz CT molecular complexity index is 757. The topological polar surface area (TPSA) is 71.3 Å². The first kappa shape index (κ1) is 16.1. The number of hydrogen-bond acceptors (Lipinski definition) is 5. The van der Waals surface area contributed by atoms with Crippen molar-refractivity contribution in [2.24, 2.45) is 0 Å². The highest BCUT2D eigenvalue weighted by molar-refractivity contribution is 7.89. The summed E-state index contributed by atoms with van der Waals surface area (Å²) in [5.41, 5.74) is 0.915. The third-order valence-corrected chi connectivity index (χ3v) is 5.90. The van der Waals surface area contributed by atoms with Crippen LogP contribution >= 0.6 is 0 Å². The van der Waals surface area contributed by atoms with Crippen molar-refractivity contribution in [2.75, 3.05) is 20.6 Å². The summed E-state index contributed by atoms with van der Waals surface area (Å²) in [7, 11) is 0.316. The lowest BCUT2D eigenvalue weighted by atomic mass is 10.2. The van der Waals surface area contributed by atoms with Crippen LogP contribution in [-0.2, 0) is 23.1 Å². The van der Waals surface area contributed by atoms with Gasteiger partial charge in [-0.15, -0.1) is 0 Å². The maximum atomic E-state index is 13.1. The van der Waals surface area contributed by atoms with Gasteiger partial charge in [0.2, 0.25) is 10.0 Å². The predicted octanol–water partition coefficient (Wildman–Crippen LogP) is 0.803. The van der Waals surface area contributed by atoms with Crippen LogP contribution in [0.3, 0.4) is 0 Å². The second-order valence-corrected chi connectivity index (χ2v) is 7.88. The van der Waals surface area contributed by atoms with Gasteiger partial charge in [-0.2, -0.15) is 9.40 Å². The van der Waals surface area contributed by atoms with Crippen LogP contribution in [0.4, 0.5) is 0 Å². The van der Waals surface area contributed by atoms with E-state index in [0.717, 1.165) is 18.7 Å². The molecule has 0 spiro atoms. The van der Waals surface area contributed by atoms with Gasteiger partial charge >= 0.3 is 0 Å². The molecule has 0 unspecified atom stereocenters. The zero-order valence-corrected chi connectivity index (χ0v) is 14.1. The molecule has 0 N–H and O–H groups in total. The molecule has 124 valence electrons.